The van der Waals surface area contributed by atoms with Crippen molar-refractivity contribution in [2.24, 2.45) is 0 Å². The fraction of sp³-hybridized carbons (Fsp3) is 0.500. The number of aryl methyl sites for hydroxylation is 1. The molecule has 1 aliphatic heterocycles. The highest BCUT2D eigenvalue weighted by molar-refractivity contribution is 6.07. The lowest BCUT2D eigenvalue weighted by molar-refractivity contribution is -0.124. The Morgan fingerprint density at radius 3 is 2.52 bits per heavy atom. The summed E-state index contributed by atoms with van der Waals surface area (Å²) in [4.78, 5) is 25.9. The van der Waals surface area contributed by atoms with E-state index in [1.165, 1.54) is 0 Å². The van der Waals surface area contributed by atoms with E-state index in [9.17, 15) is 19.8 Å². The first kappa shape index (κ1) is 15.8. The first-order valence-corrected chi connectivity index (χ1v) is 7.84. The maximum absolute atomic E-state index is 12.4. The van der Waals surface area contributed by atoms with Gasteiger partial charge in [-0.25, -0.2) is 4.79 Å². The van der Waals surface area contributed by atoms with Crippen LogP contribution in [0.4, 0.5) is 10.5 Å². The van der Waals surface area contributed by atoms with Crippen LogP contribution < -0.4 is 15.5 Å². The third-order valence-corrected chi connectivity index (χ3v) is 4.60. The minimum Gasteiger partial charge on any atom is -0.395 e. The van der Waals surface area contributed by atoms with Crippen molar-refractivity contribution < 1.29 is 19.8 Å². The van der Waals surface area contributed by atoms with E-state index >= 15 is 0 Å². The molecular weight excluding hydrogens is 298 g/mol. The molecule has 1 spiro atoms. The van der Waals surface area contributed by atoms with Gasteiger partial charge in [0.15, 0.2) is 0 Å². The van der Waals surface area contributed by atoms with Gasteiger partial charge < -0.3 is 20.4 Å². The zero-order chi connectivity index (χ0) is 16.4. The molecular formula is C16H21N3O4. The number of amides is 3. The van der Waals surface area contributed by atoms with Gasteiger partial charge in [0.1, 0.15) is 5.54 Å². The maximum Gasteiger partial charge on any atom is 0.322 e. The van der Waals surface area contributed by atoms with Crippen LogP contribution in [-0.4, -0.2) is 48.5 Å². The number of aliphatic hydroxyl groups is 2. The summed E-state index contributed by atoms with van der Waals surface area (Å²) in [5.41, 5.74) is 1.68. The third-order valence-electron chi connectivity index (χ3n) is 4.60. The molecule has 0 bridgehead atoms. The molecule has 1 aromatic rings. The summed E-state index contributed by atoms with van der Waals surface area (Å²) in [6, 6.07) is 5.32. The molecule has 1 heterocycles. The Morgan fingerprint density at radius 2 is 1.91 bits per heavy atom. The van der Waals surface area contributed by atoms with E-state index in [4.69, 9.17) is 0 Å². The molecule has 0 radical (unpaired) electrons. The zero-order valence-electron chi connectivity index (χ0n) is 12.8. The van der Waals surface area contributed by atoms with Gasteiger partial charge in [0.25, 0.3) is 5.91 Å². The molecule has 1 aliphatic carbocycles. The fourth-order valence-corrected chi connectivity index (χ4v) is 3.52. The number of fused-ring (bicyclic) bond motifs is 2. The summed E-state index contributed by atoms with van der Waals surface area (Å²) >= 11 is 0. The molecule has 2 aliphatic rings. The van der Waals surface area contributed by atoms with Crippen molar-refractivity contribution in [1.82, 2.24) is 10.6 Å². The Labute approximate surface area is 134 Å². The number of hydrogen-bond acceptors (Lipinski definition) is 5. The summed E-state index contributed by atoms with van der Waals surface area (Å²) < 4.78 is 0. The molecule has 4 N–H and O–H groups in total. The van der Waals surface area contributed by atoms with Gasteiger partial charge in [-0.15, -0.1) is 0 Å². The summed E-state index contributed by atoms with van der Waals surface area (Å²) in [6.07, 6.45) is 2.26. The minimum atomic E-state index is -0.995. The van der Waals surface area contributed by atoms with E-state index in [0.717, 1.165) is 29.7 Å². The van der Waals surface area contributed by atoms with Crippen LogP contribution in [-0.2, 0) is 16.8 Å². The molecule has 7 nitrogen and oxygen atoms in total. The largest absolute Gasteiger partial charge is 0.395 e. The summed E-state index contributed by atoms with van der Waals surface area (Å²) in [7, 11) is 0. The first-order valence-electron chi connectivity index (χ1n) is 7.84. The van der Waals surface area contributed by atoms with Crippen molar-refractivity contribution in [3.05, 3.63) is 29.3 Å². The van der Waals surface area contributed by atoms with E-state index in [0.29, 0.717) is 19.5 Å². The van der Waals surface area contributed by atoms with E-state index in [1.54, 1.807) is 0 Å². The van der Waals surface area contributed by atoms with Crippen LogP contribution in [0.5, 0.6) is 0 Å². The Morgan fingerprint density at radius 1 is 1.17 bits per heavy atom. The first-order chi connectivity index (χ1) is 11.1. The van der Waals surface area contributed by atoms with Gasteiger partial charge in [-0.1, -0.05) is 6.07 Å². The molecule has 1 atom stereocenters. The molecule has 1 unspecified atom stereocenters. The van der Waals surface area contributed by atoms with E-state index in [1.807, 2.05) is 23.1 Å². The Hall–Kier alpha value is -2.12. The number of anilines is 1. The van der Waals surface area contributed by atoms with Crippen molar-refractivity contribution in [2.75, 3.05) is 31.2 Å². The van der Waals surface area contributed by atoms with Gasteiger partial charge in [-0.3, -0.25) is 10.1 Å². The van der Waals surface area contributed by atoms with Crippen molar-refractivity contribution in [1.29, 1.82) is 0 Å². The van der Waals surface area contributed by atoms with Crippen LogP contribution in [0.2, 0.25) is 0 Å². The van der Waals surface area contributed by atoms with Crippen LogP contribution in [0, 0.1) is 0 Å². The second-order valence-electron chi connectivity index (χ2n) is 5.94. The number of imide groups is 1. The van der Waals surface area contributed by atoms with Gasteiger partial charge in [0.2, 0.25) is 0 Å². The van der Waals surface area contributed by atoms with Crippen LogP contribution in [0.15, 0.2) is 18.2 Å². The van der Waals surface area contributed by atoms with Gasteiger partial charge >= 0.3 is 6.03 Å². The molecule has 7 heteroatoms. The number of hydrogen-bond donors (Lipinski definition) is 4. The molecule has 0 aromatic heterocycles. The molecule has 3 amide bonds. The minimum absolute atomic E-state index is 0.0283. The highest BCUT2D eigenvalue weighted by atomic mass is 16.3. The number of rotatable bonds is 5. The fourth-order valence-electron chi connectivity index (χ4n) is 3.52. The predicted octanol–water partition coefficient (Wildman–Crippen LogP) is -0.151. The van der Waals surface area contributed by atoms with Gasteiger partial charge in [0.05, 0.1) is 13.2 Å². The van der Waals surface area contributed by atoms with Gasteiger partial charge in [0, 0.05) is 18.8 Å². The number of nitrogens with one attached hydrogen (secondary N) is 2. The number of carbonyl (C=O) groups excluding carboxylic acids is 2. The van der Waals surface area contributed by atoms with Gasteiger partial charge in [-0.2, -0.15) is 0 Å². The highest BCUT2D eigenvalue weighted by Gasteiger charge is 2.49. The average Bonchev–Trinajstić information content (AvgIpc) is 2.82. The SMILES string of the molecule is O=C1NC(=O)C2(CCCc3ccc(N(CCO)CCO)cc32)N1. The molecule has 1 fully saturated rings. The summed E-state index contributed by atoms with van der Waals surface area (Å²) in [5, 5.41) is 23.5. The number of benzene rings is 1. The molecule has 23 heavy (non-hydrogen) atoms. The number of aliphatic hydroxyl groups excluding tert-OH is 2. The molecule has 3 rings (SSSR count). The molecule has 1 saturated heterocycles. The smallest absolute Gasteiger partial charge is 0.322 e. The third kappa shape index (κ3) is 2.66. The molecule has 0 saturated carbocycles. The zero-order valence-corrected chi connectivity index (χ0v) is 12.8. The second kappa shape index (κ2) is 6.17. The standard InChI is InChI=1S/C16H21N3O4/c20-8-6-19(7-9-21)12-4-3-11-2-1-5-16(13(11)10-12)14(22)17-15(23)18-16/h3-4,10,20-21H,1-2,5-9H2,(H2,17,18,22,23). The lowest BCUT2D eigenvalue weighted by Crippen LogP contribution is -2.46. The van der Waals surface area contributed by atoms with Crippen LogP contribution in [0.1, 0.15) is 24.0 Å². The van der Waals surface area contributed by atoms with Crippen LogP contribution >= 0.6 is 0 Å². The Kier molecular flexibility index (Phi) is 4.23. The number of carbonyl (C=O) groups is 2. The van der Waals surface area contributed by atoms with E-state index in [-0.39, 0.29) is 19.1 Å². The predicted molar refractivity (Wildman–Crippen MR) is 84.1 cm³/mol. The van der Waals surface area contributed by atoms with Gasteiger partial charge in [-0.05, 0) is 42.5 Å². The van der Waals surface area contributed by atoms with Crippen molar-refractivity contribution >= 4 is 17.6 Å². The Balaban J connectivity index is 2.03. The Bertz CT molecular complexity index is 628. The normalized spacial score (nSPS) is 22.7. The van der Waals surface area contributed by atoms with Crippen molar-refractivity contribution in [3.8, 4) is 0 Å². The monoisotopic (exact) mass is 319 g/mol. The lowest BCUT2D eigenvalue weighted by Gasteiger charge is -2.34. The number of urea groups is 1. The molecule has 124 valence electrons. The van der Waals surface area contributed by atoms with Crippen molar-refractivity contribution in [2.45, 2.75) is 24.8 Å². The maximum atomic E-state index is 12.4. The van der Waals surface area contributed by atoms with E-state index in [2.05, 4.69) is 10.6 Å². The second-order valence-corrected chi connectivity index (χ2v) is 5.94. The molecule has 1 aromatic carbocycles. The van der Waals surface area contributed by atoms with E-state index < -0.39 is 11.6 Å². The van der Waals surface area contributed by atoms with Crippen LogP contribution in [0.3, 0.4) is 0 Å². The topological polar surface area (TPSA) is 102 Å². The number of nitrogens with zero attached hydrogens (tertiary/aromatic N) is 1. The average molecular weight is 319 g/mol. The highest BCUT2D eigenvalue weighted by Crippen LogP contribution is 2.39. The van der Waals surface area contributed by atoms with Crippen LogP contribution in [0.25, 0.3) is 0 Å². The quantitative estimate of drug-likeness (QED) is 0.565. The van der Waals surface area contributed by atoms with Crippen molar-refractivity contribution in [3.63, 3.8) is 0 Å². The lowest BCUT2D eigenvalue weighted by atomic mass is 9.76. The summed E-state index contributed by atoms with van der Waals surface area (Å²) in [5.74, 6) is -0.309. The summed E-state index contributed by atoms with van der Waals surface area (Å²) in [6.45, 7) is 0.731.